The molecule has 1 amide bonds. The average Bonchev–Trinajstić information content (AvgIpc) is 2.69. The van der Waals surface area contributed by atoms with Crippen molar-refractivity contribution < 1.29 is 13.9 Å². The van der Waals surface area contributed by atoms with E-state index >= 15 is 0 Å². The summed E-state index contributed by atoms with van der Waals surface area (Å²) in [5, 5.41) is 2.76. The SMILES string of the molecule is Cc1ccc(CNC(=O)CCc2c(C)nc(N3CCOCC3)[nH]c2=O)cc1F. The van der Waals surface area contributed by atoms with E-state index in [9.17, 15) is 14.0 Å². The number of rotatable bonds is 6. The first-order valence-electron chi connectivity index (χ1n) is 9.38. The van der Waals surface area contributed by atoms with Gasteiger partial charge in [-0.25, -0.2) is 9.37 Å². The van der Waals surface area contributed by atoms with Crippen molar-refractivity contribution in [2.45, 2.75) is 33.2 Å². The second kappa shape index (κ2) is 8.97. The van der Waals surface area contributed by atoms with Crippen LogP contribution in [0, 0.1) is 19.7 Å². The predicted octanol–water partition coefficient (Wildman–Crippen LogP) is 1.61. The number of morpholine rings is 1. The first kappa shape index (κ1) is 20.0. The number of ether oxygens (including phenoxy) is 1. The Morgan fingerprint density at radius 3 is 2.75 bits per heavy atom. The molecule has 0 unspecified atom stereocenters. The molecule has 1 saturated heterocycles. The minimum absolute atomic E-state index is 0.164. The van der Waals surface area contributed by atoms with E-state index in [0.29, 0.717) is 61.1 Å². The zero-order valence-corrected chi connectivity index (χ0v) is 16.2. The highest BCUT2D eigenvalue weighted by Crippen LogP contribution is 2.12. The minimum atomic E-state index is -0.291. The number of aromatic amines is 1. The van der Waals surface area contributed by atoms with E-state index in [1.54, 1.807) is 26.0 Å². The highest BCUT2D eigenvalue weighted by Gasteiger charge is 2.16. The standard InChI is InChI=1S/C20H25FN4O3/c1-13-3-4-15(11-17(13)21)12-22-18(26)6-5-16-14(2)23-20(24-19(16)27)25-7-9-28-10-8-25/h3-4,11H,5-10,12H2,1-2H3,(H,22,26)(H,23,24,27). The van der Waals surface area contributed by atoms with E-state index in [1.165, 1.54) is 6.07 Å². The van der Waals surface area contributed by atoms with E-state index in [1.807, 2.05) is 4.90 Å². The van der Waals surface area contributed by atoms with Crippen LogP contribution < -0.4 is 15.8 Å². The number of anilines is 1. The van der Waals surface area contributed by atoms with Crippen LogP contribution in [-0.2, 0) is 22.5 Å². The van der Waals surface area contributed by atoms with Crippen LogP contribution in [0.4, 0.5) is 10.3 Å². The van der Waals surface area contributed by atoms with Gasteiger partial charge in [-0.2, -0.15) is 0 Å². The van der Waals surface area contributed by atoms with Crippen molar-refractivity contribution in [1.29, 1.82) is 0 Å². The third-order valence-electron chi connectivity index (χ3n) is 4.85. The molecule has 1 aliphatic heterocycles. The Balaban J connectivity index is 1.56. The van der Waals surface area contributed by atoms with Crippen LogP contribution in [0.5, 0.6) is 0 Å². The zero-order valence-electron chi connectivity index (χ0n) is 16.2. The fourth-order valence-corrected chi connectivity index (χ4v) is 3.09. The normalized spacial score (nSPS) is 14.2. The zero-order chi connectivity index (χ0) is 20.1. The second-order valence-electron chi connectivity index (χ2n) is 6.91. The molecule has 0 radical (unpaired) electrons. The lowest BCUT2D eigenvalue weighted by Crippen LogP contribution is -2.38. The molecule has 7 nitrogen and oxygen atoms in total. The lowest BCUT2D eigenvalue weighted by molar-refractivity contribution is -0.121. The molecule has 0 aliphatic carbocycles. The number of halogens is 1. The third kappa shape index (κ3) is 4.95. The van der Waals surface area contributed by atoms with Crippen molar-refractivity contribution in [1.82, 2.24) is 15.3 Å². The number of amides is 1. The number of carbonyl (C=O) groups excluding carboxylic acids is 1. The van der Waals surface area contributed by atoms with Gasteiger partial charge < -0.3 is 15.0 Å². The van der Waals surface area contributed by atoms with Crippen molar-refractivity contribution in [3.63, 3.8) is 0 Å². The van der Waals surface area contributed by atoms with Crippen LogP contribution in [-0.4, -0.2) is 42.2 Å². The molecule has 8 heteroatoms. The van der Waals surface area contributed by atoms with Crippen LogP contribution in [0.25, 0.3) is 0 Å². The van der Waals surface area contributed by atoms with E-state index in [4.69, 9.17) is 4.74 Å². The number of aromatic nitrogens is 2. The summed E-state index contributed by atoms with van der Waals surface area (Å²) in [6, 6.07) is 4.88. The molecule has 3 rings (SSSR count). The molecule has 150 valence electrons. The third-order valence-corrected chi connectivity index (χ3v) is 4.85. The topological polar surface area (TPSA) is 87.3 Å². The molecule has 2 N–H and O–H groups in total. The van der Waals surface area contributed by atoms with Gasteiger partial charge in [0, 0.05) is 37.3 Å². The van der Waals surface area contributed by atoms with Crippen molar-refractivity contribution in [2.75, 3.05) is 31.2 Å². The highest BCUT2D eigenvalue weighted by atomic mass is 19.1. The lowest BCUT2D eigenvalue weighted by Gasteiger charge is -2.27. The van der Waals surface area contributed by atoms with Gasteiger partial charge in [-0.05, 0) is 37.5 Å². The first-order valence-corrected chi connectivity index (χ1v) is 9.38. The molecule has 0 saturated carbocycles. The maximum Gasteiger partial charge on any atom is 0.255 e. The fourth-order valence-electron chi connectivity index (χ4n) is 3.09. The van der Waals surface area contributed by atoms with Crippen LogP contribution in [0.1, 0.15) is 28.8 Å². The summed E-state index contributed by atoms with van der Waals surface area (Å²) >= 11 is 0. The van der Waals surface area contributed by atoms with Crippen molar-refractivity contribution in [2.24, 2.45) is 0 Å². The Labute approximate surface area is 162 Å². The number of nitrogens with one attached hydrogen (secondary N) is 2. The number of benzene rings is 1. The summed E-state index contributed by atoms with van der Waals surface area (Å²) in [6.45, 7) is 6.30. The minimum Gasteiger partial charge on any atom is -0.378 e. The number of hydrogen-bond acceptors (Lipinski definition) is 5. The molecule has 2 aromatic rings. The molecule has 0 spiro atoms. The molecule has 1 fully saturated rings. The largest absolute Gasteiger partial charge is 0.378 e. The smallest absolute Gasteiger partial charge is 0.255 e. The Bertz CT molecular complexity index is 907. The second-order valence-corrected chi connectivity index (χ2v) is 6.91. The molecule has 1 aromatic heterocycles. The van der Waals surface area contributed by atoms with Gasteiger partial charge in [0.15, 0.2) is 0 Å². The molecule has 28 heavy (non-hydrogen) atoms. The number of H-pyrrole nitrogens is 1. The van der Waals surface area contributed by atoms with E-state index in [-0.39, 0.29) is 30.2 Å². The van der Waals surface area contributed by atoms with Crippen LogP contribution >= 0.6 is 0 Å². The van der Waals surface area contributed by atoms with Crippen molar-refractivity contribution in [3.05, 3.63) is 56.8 Å². The molecular formula is C20H25FN4O3. The van der Waals surface area contributed by atoms with Crippen molar-refractivity contribution in [3.8, 4) is 0 Å². The molecule has 1 aliphatic rings. The van der Waals surface area contributed by atoms with Crippen LogP contribution in [0.3, 0.4) is 0 Å². The highest BCUT2D eigenvalue weighted by molar-refractivity contribution is 5.76. The van der Waals surface area contributed by atoms with Gasteiger partial charge in [-0.3, -0.25) is 14.6 Å². The summed E-state index contributed by atoms with van der Waals surface area (Å²) in [5.74, 6) is 0.0535. The summed E-state index contributed by atoms with van der Waals surface area (Å²) in [7, 11) is 0. The van der Waals surface area contributed by atoms with E-state index in [2.05, 4.69) is 15.3 Å². The Hall–Kier alpha value is -2.74. The number of carbonyl (C=O) groups is 1. The van der Waals surface area contributed by atoms with E-state index < -0.39 is 0 Å². The molecule has 1 aromatic carbocycles. The van der Waals surface area contributed by atoms with Gasteiger partial charge in [-0.15, -0.1) is 0 Å². The Morgan fingerprint density at radius 2 is 2.07 bits per heavy atom. The average molecular weight is 388 g/mol. The monoisotopic (exact) mass is 388 g/mol. The number of nitrogens with zero attached hydrogens (tertiary/aromatic N) is 2. The summed E-state index contributed by atoms with van der Waals surface area (Å²) in [5.41, 5.74) is 2.18. The summed E-state index contributed by atoms with van der Waals surface area (Å²) in [6.07, 6.45) is 0.461. The van der Waals surface area contributed by atoms with Gasteiger partial charge >= 0.3 is 0 Å². The van der Waals surface area contributed by atoms with Gasteiger partial charge in [0.25, 0.3) is 5.56 Å². The van der Waals surface area contributed by atoms with Gasteiger partial charge in [-0.1, -0.05) is 12.1 Å². The molecule has 0 bridgehead atoms. The van der Waals surface area contributed by atoms with E-state index in [0.717, 1.165) is 0 Å². The Morgan fingerprint density at radius 1 is 1.32 bits per heavy atom. The van der Waals surface area contributed by atoms with Crippen LogP contribution in [0.2, 0.25) is 0 Å². The molecule has 2 heterocycles. The van der Waals surface area contributed by atoms with Crippen LogP contribution in [0.15, 0.2) is 23.0 Å². The fraction of sp³-hybridized carbons (Fsp3) is 0.450. The molecule has 0 atom stereocenters. The maximum atomic E-state index is 13.6. The lowest BCUT2D eigenvalue weighted by atomic mass is 10.1. The number of hydrogen-bond donors (Lipinski definition) is 2. The summed E-state index contributed by atoms with van der Waals surface area (Å²) < 4.78 is 18.9. The van der Waals surface area contributed by atoms with Crippen molar-refractivity contribution >= 4 is 11.9 Å². The van der Waals surface area contributed by atoms with Gasteiger partial charge in [0.05, 0.1) is 13.2 Å². The Kier molecular flexibility index (Phi) is 6.41. The van der Waals surface area contributed by atoms with Gasteiger partial charge in [0.1, 0.15) is 5.82 Å². The maximum absolute atomic E-state index is 13.6. The van der Waals surface area contributed by atoms with Gasteiger partial charge in [0.2, 0.25) is 11.9 Å². The first-order chi connectivity index (χ1) is 13.4. The summed E-state index contributed by atoms with van der Waals surface area (Å²) in [4.78, 5) is 33.8. The number of aryl methyl sites for hydroxylation is 2. The predicted molar refractivity (Wildman–Crippen MR) is 104 cm³/mol. The quantitative estimate of drug-likeness (QED) is 0.785. The molecular weight excluding hydrogens is 363 g/mol.